The van der Waals surface area contributed by atoms with Crippen molar-refractivity contribution < 1.29 is 4.79 Å². The van der Waals surface area contributed by atoms with Gasteiger partial charge >= 0.3 is 0 Å². The van der Waals surface area contributed by atoms with Crippen molar-refractivity contribution >= 4 is 11.7 Å². The Bertz CT molecular complexity index is 548. The highest BCUT2D eigenvalue weighted by Gasteiger charge is 2.22. The van der Waals surface area contributed by atoms with E-state index >= 15 is 0 Å². The number of anilines is 1. The maximum absolute atomic E-state index is 12.2. The average Bonchev–Trinajstić information content (AvgIpc) is 2.56. The summed E-state index contributed by atoms with van der Waals surface area (Å²) in [5.74, 6) is 2.48. The minimum absolute atomic E-state index is 0.230. The van der Waals surface area contributed by atoms with Gasteiger partial charge in [0.1, 0.15) is 11.6 Å². The predicted molar refractivity (Wildman–Crippen MR) is 97.4 cm³/mol. The summed E-state index contributed by atoms with van der Waals surface area (Å²) in [5.41, 5.74) is 1.02. The molecule has 0 aliphatic carbocycles. The van der Waals surface area contributed by atoms with Gasteiger partial charge in [0.05, 0.1) is 6.54 Å². The molecule has 0 unspecified atom stereocenters. The fourth-order valence-corrected chi connectivity index (χ4v) is 3.00. The Morgan fingerprint density at radius 3 is 2.33 bits per heavy atom. The molecule has 0 spiro atoms. The summed E-state index contributed by atoms with van der Waals surface area (Å²) >= 11 is 0. The van der Waals surface area contributed by atoms with E-state index < -0.39 is 0 Å². The van der Waals surface area contributed by atoms with Gasteiger partial charge in [0.2, 0.25) is 5.91 Å². The largest absolute Gasteiger partial charge is 0.354 e. The van der Waals surface area contributed by atoms with Crippen LogP contribution in [-0.2, 0) is 4.79 Å². The van der Waals surface area contributed by atoms with Crippen LogP contribution < -0.4 is 4.90 Å². The first-order valence-electron chi connectivity index (χ1n) is 9.05. The normalized spacial score (nSPS) is 15.8. The molecule has 134 valence electrons. The Morgan fingerprint density at radius 2 is 1.79 bits per heavy atom. The zero-order valence-electron chi connectivity index (χ0n) is 15.7. The molecule has 1 aromatic rings. The second kappa shape index (κ2) is 8.42. The van der Waals surface area contributed by atoms with E-state index in [4.69, 9.17) is 4.98 Å². The van der Waals surface area contributed by atoms with Crippen LogP contribution in [0.1, 0.15) is 45.1 Å². The average molecular weight is 333 g/mol. The molecule has 0 radical (unpaired) electrons. The van der Waals surface area contributed by atoms with E-state index in [1.54, 1.807) is 0 Å². The molecule has 0 atom stereocenters. The van der Waals surface area contributed by atoms with E-state index in [9.17, 15) is 4.79 Å². The van der Waals surface area contributed by atoms with Crippen LogP contribution in [0, 0.1) is 6.92 Å². The third-order valence-electron chi connectivity index (χ3n) is 4.55. The lowest BCUT2D eigenvalue weighted by Crippen LogP contribution is -2.50. The van der Waals surface area contributed by atoms with Crippen LogP contribution >= 0.6 is 0 Å². The number of aryl methyl sites for hydroxylation is 1. The molecule has 0 aromatic carbocycles. The second-order valence-corrected chi connectivity index (χ2v) is 6.71. The van der Waals surface area contributed by atoms with Crippen LogP contribution in [-0.4, -0.2) is 71.5 Å². The highest BCUT2D eigenvalue weighted by atomic mass is 16.2. The summed E-state index contributed by atoms with van der Waals surface area (Å²) in [6, 6.07) is 2.06. The smallest absolute Gasteiger partial charge is 0.236 e. The van der Waals surface area contributed by atoms with Crippen LogP contribution in [0.25, 0.3) is 0 Å². The van der Waals surface area contributed by atoms with Crippen molar-refractivity contribution in [1.29, 1.82) is 0 Å². The molecule has 2 heterocycles. The van der Waals surface area contributed by atoms with Gasteiger partial charge in [-0.3, -0.25) is 9.69 Å². The number of carbonyl (C=O) groups is 1. The van der Waals surface area contributed by atoms with Gasteiger partial charge in [0.25, 0.3) is 0 Å². The van der Waals surface area contributed by atoms with Gasteiger partial charge in [0, 0.05) is 56.9 Å². The Labute approximate surface area is 145 Å². The van der Waals surface area contributed by atoms with Gasteiger partial charge in [-0.1, -0.05) is 13.8 Å². The van der Waals surface area contributed by atoms with Gasteiger partial charge in [-0.05, 0) is 20.8 Å². The van der Waals surface area contributed by atoms with Crippen LogP contribution in [0.4, 0.5) is 5.82 Å². The molecule has 0 bridgehead atoms. The van der Waals surface area contributed by atoms with Crippen molar-refractivity contribution in [3.05, 3.63) is 17.6 Å². The lowest BCUT2D eigenvalue weighted by atomic mass is 10.2. The Balaban J connectivity index is 1.94. The molecule has 0 saturated carbocycles. The molecule has 6 nitrogen and oxygen atoms in total. The molecule has 1 saturated heterocycles. The third kappa shape index (κ3) is 4.66. The van der Waals surface area contributed by atoms with Crippen molar-refractivity contribution in [2.24, 2.45) is 0 Å². The van der Waals surface area contributed by atoms with Gasteiger partial charge in [-0.25, -0.2) is 9.97 Å². The second-order valence-electron chi connectivity index (χ2n) is 6.71. The summed E-state index contributed by atoms with van der Waals surface area (Å²) in [4.78, 5) is 27.9. The van der Waals surface area contributed by atoms with E-state index in [0.717, 1.165) is 56.6 Å². The zero-order chi connectivity index (χ0) is 17.7. The minimum Gasteiger partial charge on any atom is -0.354 e. The standard InChI is InChI=1S/C18H31N5O/c1-6-22(7-2)17(24)13-21-8-10-23(11-9-21)16-12-15(5)19-18(20-16)14(3)4/h12,14H,6-11,13H2,1-5H3. The molecule has 1 amide bonds. The van der Waals surface area contributed by atoms with Gasteiger partial charge in [-0.15, -0.1) is 0 Å². The zero-order valence-corrected chi connectivity index (χ0v) is 15.7. The van der Waals surface area contributed by atoms with Crippen LogP contribution in [0.3, 0.4) is 0 Å². The quantitative estimate of drug-likeness (QED) is 0.796. The summed E-state index contributed by atoms with van der Waals surface area (Å²) in [7, 11) is 0. The number of aromatic nitrogens is 2. The maximum atomic E-state index is 12.2. The Morgan fingerprint density at radius 1 is 1.17 bits per heavy atom. The topological polar surface area (TPSA) is 52.6 Å². The van der Waals surface area contributed by atoms with E-state index in [-0.39, 0.29) is 5.91 Å². The van der Waals surface area contributed by atoms with Crippen molar-refractivity contribution in [3.63, 3.8) is 0 Å². The summed E-state index contributed by atoms with van der Waals surface area (Å²) in [6.07, 6.45) is 0. The van der Waals surface area contributed by atoms with Crippen molar-refractivity contribution in [3.8, 4) is 0 Å². The highest BCUT2D eigenvalue weighted by Crippen LogP contribution is 2.18. The fraction of sp³-hybridized carbons (Fsp3) is 0.722. The highest BCUT2D eigenvalue weighted by molar-refractivity contribution is 5.78. The van der Waals surface area contributed by atoms with Gasteiger partial charge < -0.3 is 9.80 Å². The number of carbonyl (C=O) groups excluding carboxylic acids is 1. The molecule has 1 fully saturated rings. The number of hydrogen-bond donors (Lipinski definition) is 0. The number of nitrogens with zero attached hydrogens (tertiary/aromatic N) is 5. The van der Waals surface area contributed by atoms with Crippen LogP contribution in [0.15, 0.2) is 6.07 Å². The molecule has 1 aliphatic rings. The molecule has 1 aromatic heterocycles. The summed E-state index contributed by atoms with van der Waals surface area (Å²) in [5, 5.41) is 0. The molecule has 0 N–H and O–H groups in total. The minimum atomic E-state index is 0.230. The molecular weight excluding hydrogens is 302 g/mol. The van der Waals surface area contributed by atoms with Crippen LogP contribution in [0.2, 0.25) is 0 Å². The SMILES string of the molecule is CCN(CC)C(=O)CN1CCN(c2cc(C)nc(C(C)C)n2)CC1. The number of hydrogen-bond acceptors (Lipinski definition) is 5. The first-order valence-corrected chi connectivity index (χ1v) is 9.05. The molecule has 6 heteroatoms. The summed E-state index contributed by atoms with van der Waals surface area (Å²) in [6.45, 7) is 16.0. The predicted octanol–water partition coefficient (Wildman–Crippen LogP) is 1.90. The van der Waals surface area contributed by atoms with E-state index in [1.165, 1.54) is 0 Å². The number of rotatable bonds is 6. The first-order chi connectivity index (χ1) is 11.4. The monoisotopic (exact) mass is 333 g/mol. The lowest BCUT2D eigenvalue weighted by Gasteiger charge is -2.36. The summed E-state index contributed by atoms with van der Waals surface area (Å²) < 4.78 is 0. The van der Waals surface area contributed by atoms with E-state index in [1.807, 2.05) is 25.7 Å². The van der Waals surface area contributed by atoms with Crippen LogP contribution in [0.5, 0.6) is 0 Å². The number of amides is 1. The van der Waals surface area contributed by atoms with Crippen molar-refractivity contribution in [2.75, 3.05) is 50.7 Å². The molecule has 2 rings (SSSR count). The Kier molecular flexibility index (Phi) is 6.54. The van der Waals surface area contributed by atoms with E-state index in [0.29, 0.717) is 12.5 Å². The number of piperazine rings is 1. The maximum Gasteiger partial charge on any atom is 0.236 e. The molecule has 24 heavy (non-hydrogen) atoms. The van der Waals surface area contributed by atoms with Gasteiger partial charge in [0.15, 0.2) is 0 Å². The third-order valence-corrected chi connectivity index (χ3v) is 4.55. The lowest BCUT2D eigenvalue weighted by molar-refractivity contribution is -0.132. The van der Waals surface area contributed by atoms with Crippen molar-refractivity contribution in [2.45, 2.75) is 40.5 Å². The van der Waals surface area contributed by atoms with Gasteiger partial charge in [-0.2, -0.15) is 0 Å². The fourth-order valence-electron chi connectivity index (χ4n) is 3.00. The van der Waals surface area contributed by atoms with Crippen molar-refractivity contribution in [1.82, 2.24) is 19.8 Å². The first kappa shape index (κ1) is 18.6. The Hall–Kier alpha value is -1.69. The molecule has 1 aliphatic heterocycles. The van der Waals surface area contributed by atoms with E-state index in [2.05, 4.69) is 34.7 Å². The number of likely N-dealkylation sites (N-methyl/N-ethyl adjacent to an activating group) is 1. The molecular formula is C18H31N5O.